The molecule has 104 valence electrons. The molecule has 0 radical (unpaired) electrons. The molecule has 0 unspecified atom stereocenters. The molecular weight excluding hydrogens is 266 g/mol. The number of nitrogens with zero attached hydrogens (tertiary/aromatic N) is 2. The van der Waals surface area contributed by atoms with Gasteiger partial charge in [0, 0.05) is 19.5 Å². The Bertz CT molecular complexity index is 634. The van der Waals surface area contributed by atoms with E-state index < -0.39 is 10.0 Å². The SMILES string of the molecule is O=c1[nH]cnc2c1CN(S(=O)(=O)CCC1CC1)CC2. The number of H-pyrrole nitrogens is 1. The lowest BCUT2D eigenvalue weighted by Gasteiger charge is -2.26. The van der Waals surface area contributed by atoms with Crippen LogP contribution in [0.5, 0.6) is 0 Å². The molecule has 1 saturated carbocycles. The van der Waals surface area contributed by atoms with E-state index in [1.54, 1.807) is 0 Å². The van der Waals surface area contributed by atoms with Gasteiger partial charge >= 0.3 is 0 Å². The van der Waals surface area contributed by atoms with Crippen LogP contribution in [-0.4, -0.2) is 35.0 Å². The summed E-state index contributed by atoms with van der Waals surface area (Å²) >= 11 is 0. The van der Waals surface area contributed by atoms with Crippen molar-refractivity contribution in [2.45, 2.75) is 32.2 Å². The summed E-state index contributed by atoms with van der Waals surface area (Å²) in [5, 5.41) is 0. The number of aromatic nitrogens is 2. The molecule has 0 spiro atoms. The average Bonchev–Trinajstić information content (AvgIpc) is 3.21. The number of hydrogen-bond donors (Lipinski definition) is 1. The smallest absolute Gasteiger partial charge is 0.255 e. The monoisotopic (exact) mass is 283 g/mol. The molecule has 0 amide bonds. The minimum atomic E-state index is -3.25. The van der Waals surface area contributed by atoms with Crippen molar-refractivity contribution >= 4 is 10.0 Å². The van der Waals surface area contributed by atoms with Crippen molar-refractivity contribution in [1.82, 2.24) is 14.3 Å². The molecule has 1 fully saturated rings. The van der Waals surface area contributed by atoms with Gasteiger partial charge < -0.3 is 4.98 Å². The summed E-state index contributed by atoms with van der Waals surface area (Å²) in [5.74, 6) is 0.794. The molecule has 2 heterocycles. The Morgan fingerprint density at radius 2 is 2.21 bits per heavy atom. The first-order chi connectivity index (χ1) is 9.06. The number of nitrogens with one attached hydrogen (secondary N) is 1. The van der Waals surface area contributed by atoms with Gasteiger partial charge in [-0.25, -0.2) is 13.4 Å². The van der Waals surface area contributed by atoms with E-state index in [2.05, 4.69) is 9.97 Å². The molecule has 6 nitrogen and oxygen atoms in total. The van der Waals surface area contributed by atoms with E-state index in [1.807, 2.05) is 0 Å². The summed E-state index contributed by atoms with van der Waals surface area (Å²) < 4.78 is 25.9. The molecule has 1 aromatic rings. The molecule has 2 aliphatic rings. The lowest BCUT2D eigenvalue weighted by Crippen LogP contribution is -2.40. The Morgan fingerprint density at radius 1 is 1.42 bits per heavy atom. The predicted octanol–water partition coefficient (Wildman–Crippen LogP) is 0.258. The summed E-state index contributed by atoms with van der Waals surface area (Å²) in [4.78, 5) is 18.3. The third kappa shape index (κ3) is 2.71. The first-order valence-electron chi connectivity index (χ1n) is 6.59. The Balaban J connectivity index is 1.77. The Labute approximate surface area is 111 Å². The largest absolute Gasteiger partial charge is 0.313 e. The van der Waals surface area contributed by atoms with E-state index in [4.69, 9.17) is 0 Å². The van der Waals surface area contributed by atoms with Crippen LogP contribution in [0.2, 0.25) is 0 Å². The molecule has 0 bridgehead atoms. The molecule has 7 heteroatoms. The normalized spacial score (nSPS) is 20.2. The van der Waals surface area contributed by atoms with Crippen molar-refractivity contribution in [3.05, 3.63) is 27.9 Å². The number of aromatic amines is 1. The van der Waals surface area contributed by atoms with Gasteiger partial charge in [-0.3, -0.25) is 4.79 Å². The fourth-order valence-corrected chi connectivity index (χ4v) is 4.00. The predicted molar refractivity (Wildman–Crippen MR) is 70.1 cm³/mol. The van der Waals surface area contributed by atoms with E-state index in [0.717, 1.165) is 25.0 Å². The highest BCUT2D eigenvalue weighted by Crippen LogP contribution is 2.33. The maximum Gasteiger partial charge on any atom is 0.255 e. The van der Waals surface area contributed by atoms with E-state index in [1.165, 1.54) is 10.6 Å². The van der Waals surface area contributed by atoms with Crippen molar-refractivity contribution in [3.8, 4) is 0 Å². The zero-order valence-corrected chi connectivity index (χ0v) is 11.4. The maximum absolute atomic E-state index is 12.2. The van der Waals surface area contributed by atoms with Crippen molar-refractivity contribution < 1.29 is 8.42 Å². The molecule has 0 aromatic carbocycles. The molecule has 0 atom stereocenters. The van der Waals surface area contributed by atoms with Crippen LogP contribution in [0.15, 0.2) is 11.1 Å². The highest BCUT2D eigenvalue weighted by molar-refractivity contribution is 7.89. The highest BCUT2D eigenvalue weighted by atomic mass is 32.2. The first-order valence-corrected chi connectivity index (χ1v) is 8.20. The molecule has 1 N–H and O–H groups in total. The van der Waals surface area contributed by atoms with Crippen LogP contribution in [0.4, 0.5) is 0 Å². The maximum atomic E-state index is 12.2. The molecule has 1 aliphatic heterocycles. The summed E-state index contributed by atoms with van der Waals surface area (Å²) in [6.07, 6.45) is 4.94. The van der Waals surface area contributed by atoms with Gasteiger partial charge in [0.25, 0.3) is 5.56 Å². The van der Waals surface area contributed by atoms with Crippen LogP contribution in [0.3, 0.4) is 0 Å². The second-order valence-corrected chi connectivity index (χ2v) is 7.38. The van der Waals surface area contributed by atoms with Crippen molar-refractivity contribution in [2.24, 2.45) is 5.92 Å². The summed E-state index contributed by atoms with van der Waals surface area (Å²) in [6, 6.07) is 0. The van der Waals surface area contributed by atoms with Gasteiger partial charge in [-0.2, -0.15) is 4.31 Å². The van der Waals surface area contributed by atoms with Crippen LogP contribution in [0.25, 0.3) is 0 Å². The molecular formula is C12H17N3O3S. The van der Waals surface area contributed by atoms with Gasteiger partial charge in [-0.15, -0.1) is 0 Å². The van der Waals surface area contributed by atoms with Crippen LogP contribution >= 0.6 is 0 Å². The van der Waals surface area contributed by atoms with E-state index in [-0.39, 0.29) is 17.9 Å². The Kier molecular flexibility index (Phi) is 3.18. The lowest BCUT2D eigenvalue weighted by atomic mass is 10.1. The number of sulfonamides is 1. The van der Waals surface area contributed by atoms with Crippen LogP contribution in [0.1, 0.15) is 30.5 Å². The van der Waals surface area contributed by atoms with Gasteiger partial charge in [0.05, 0.1) is 23.3 Å². The highest BCUT2D eigenvalue weighted by Gasteiger charge is 2.31. The fraction of sp³-hybridized carbons (Fsp3) is 0.667. The quantitative estimate of drug-likeness (QED) is 0.859. The van der Waals surface area contributed by atoms with Crippen LogP contribution in [0, 0.1) is 5.92 Å². The van der Waals surface area contributed by atoms with Crippen molar-refractivity contribution in [1.29, 1.82) is 0 Å². The van der Waals surface area contributed by atoms with Crippen LogP contribution in [-0.2, 0) is 23.0 Å². The molecule has 1 aromatic heterocycles. The lowest BCUT2D eigenvalue weighted by molar-refractivity contribution is 0.384. The van der Waals surface area contributed by atoms with Crippen molar-refractivity contribution in [2.75, 3.05) is 12.3 Å². The summed E-state index contributed by atoms with van der Waals surface area (Å²) in [6.45, 7) is 0.585. The number of rotatable bonds is 4. The fourth-order valence-electron chi connectivity index (χ4n) is 2.42. The molecule has 19 heavy (non-hydrogen) atoms. The average molecular weight is 283 g/mol. The third-order valence-corrected chi connectivity index (χ3v) is 5.70. The zero-order chi connectivity index (χ0) is 13.5. The van der Waals surface area contributed by atoms with Gasteiger partial charge in [-0.1, -0.05) is 12.8 Å². The number of fused-ring (bicyclic) bond motifs is 1. The molecule has 3 rings (SSSR count). The second kappa shape index (κ2) is 4.72. The van der Waals surface area contributed by atoms with E-state index in [9.17, 15) is 13.2 Å². The van der Waals surface area contributed by atoms with Gasteiger partial charge in [0.1, 0.15) is 0 Å². The topological polar surface area (TPSA) is 83.1 Å². The van der Waals surface area contributed by atoms with Gasteiger partial charge in [0.2, 0.25) is 10.0 Å². The second-order valence-electron chi connectivity index (χ2n) is 5.29. The van der Waals surface area contributed by atoms with Crippen molar-refractivity contribution in [3.63, 3.8) is 0 Å². The molecule has 0 saturated heterocycles. The van der Waals surface area contributed by atoms with Gasteiger partial charge in [-0.05, 0) is 12.3 Å². The Hall–Kier alpha value is -1.21. The van der Waals surface area contributed by atoms with Crippen LogP contribution < -0.4 is 5.56 Å². The standard InChI is InChI=1S/C12H17N3O3S/c16-12-10-7-15(5-3-11(10)13-8-14-12)19(17,18)6-4-9-1-2-9/h8-9H,1-7H2,(H,13,14,16). The van der Waals surface area contributed by atoms with E-state index in [0.29, 0.717) is 24.4 Å². The first kappa shape index (κ1) is 12.8. The van der Waals surface area contributed by atoms with Gasteiger partial charge in [0.15, 0.2) is 0 Å². The minimum Gasteiger partial charge on any atom is -0.313 e. The van der Waals surface area contributed by atoms with E-state index >= 15 is 0 Å². The summed E-state index contributed by atoms with van der Waals surface area (Å²) in [7, 11) is -3.25. The summed E-state index contributed by atoms with van der Waals surface area (Å²) in [5.41, 5.74) is 0.980. The minimum absolute atomic E-state index is 0.158. The zero-order valence-electron chi connectivity index (χ0n) is 10.6. The number of hydrogen-bond acceptors (Lipinski definition) is 4. The molecule has 1 aliphatic carbocycles. The third-order valence-electron chi connectivity index (χ3n) is 3.85. The Morgan fingerprint density at radius 3 is 2.95 bits per heavy atom.